The Morgan fingerprint density at radius 1 is 0.960 bits per heavy atom. The summed E-state index contributed by atoms with van der Waals surface area (Å²) in [6.45, 7) is 0.612. The van der Waals surface area contributed by atoms with Crippen LogP contribution in [0.4, 0.5) is 5.82 Å². The van der Waals surface area contributed by atoms with E-state index >= 15 is 0 Å². The molecule has 124 valence electrons. The third kappa shape index (κ3) is 3.56. The first-order valence-corrected chi connectivity index (χ1v) is 8.06. The Morgan fingerprint density at radius 2 is 1.80 bits per heavy atom. The minimum atomic E-state index is 0.547. The Labute approximate surface area is 148 Å². The molecule has 0 amide bonds. The molecule has 1 aromatic carbocycles. The van der Waals surface area contributed by atoms with Crippen LogP contribution in [0.15, 0.2) is 53.3 Å². The van der Waals surface area contributed by atoms with Crippen molar-refractivity contribution in [3.8, 4) is 11.4 Å². The number of anilines is 1. The molecule has 0 unspecified atom stereocenters. The highest BCUT2D eigenvalue weighted by Gasteiger charge is 2.08. The molecule has 0 aliphatic rings. The summed E-state index contributed by atoms with van der Waals surface area (Å²) in [6.07, 6.45) is 3.85. The van der Waals surface area contributed by atoms with Crippen molar-refractivity contribution in [1.82, 2.24) is 25.1 Å². The van der Waals surface area contributed by atoms with Crippen molar-refractivity contribution in [2.24, 2.45) is 0 Å². The molecular formula is C17H13ClN6O. The Kier molecular flexibility index (Phi) is 4.22. The van der Waals surface area contributed by atoms with Crippen LogP contribution in [0.3, 0.4) is 0 Å². The van der Waals surface area contributed by atoms with E-state index in [9.17, 15) is 0 Å². The van der Waals surface area contributed by atoms with Gasteiger partial charge in [0.25, 0.3) is 0 Å². The smallest absolute Gasteiger partial charge is 0.228 e. The third-order valence-corrected chi connectivity index (χ3v) is 3.80. The highest BCUT2D eigenvalue weighted by atomic mass is 35.5. The summed E-state index contributed by atoms with van der Waals surface area (Å²) >= 11 is 5.88. The fourth-order valence-corrected chi connectivity index (χ4v) is 2.45. The maximum absolute atomic E-state index is 5.88. The van der Waals surface area contributed by atoms with Crippen LogP contribution < -0.4 is 5.32 Å². The molecule has 0 fully saturated rings. The number of fused-ring (bicyclic) bond motifs is 1. The Hall–Kier alpha value is -3.06. The van der Waals surface area contributed by atoms with Crippen LogP contribution >= 0.6 is 11.6 Å². The molecule has 3 heterocycles. The fourth-order valence-electron chi connectivity index (χ4n) is 2.32. The maximum atomic E-state index is 5.88. The number of hydrogen-bond donors (Lipinski definition) is 1. The average Bonchev–Trinajstić information content (AvgIpc) is 3.11. The number of hydrogen-bond acceptors (Lipinski definition) is 7. The zero-order valence-electron chi connectivity index (χ0n) is 13.1. The van der Waals surface area contributed by atoms with E-state index in [1.54, 1.807) is 24.5 Å². The molecule has 0 aliphatic heterocycles. The predicted molar refractivity (Wildman–Crippen MR) is 94.3 cm³/mol. The summed E-state index contributed by atoms with van der Waals surface area (Å²) in [6, 6.07) is 11.0. The molecule has 4 rings (SSSR count). The van der Waals surface area contributed by atoms with Crippen molar-refractivity contribution in [2.45, 2.75) is 6.42 Å². The zero-order valence-corrected chi connectivity index (χ0v) is 13.8. The monoisotopic (exact) mass is 352 g/mol. The van der Waals surface area contributed by atoms with Crippen LogP contribution in [0.25, 0.3) is 22.6 Å². The number of halogens is 1. The third-order valence-electron chi connectivity index (χ3n) is 3.55. The first-order valence-electron chi connectivity index (χ1n) is 7.68. The fraction of sp³-hybridized carbons (Fsp3) is 0.118. The molecule has 0 saturated carbocycles. The molecule has 0 atom stereocenters. The molecule has 3 aromatic heterocycles. The van der Waals surface area contributed by atoms with Gasteiger partial charge in [-0.3, -0.25) is 4.98 Å². The lowest BCUT2D eigenvalue weighted by Gasteiger charge is -2.04. The van der Waals surface area contributed by atoms with E-state index in [1.807, 2.05) is 24.3 Å². The van der Waals surface area contributed by atoms with Gasteiger partial charge < -0.3 is 9.84 Å². The number of pyridine rings is 1. The molecule has 0 radical (unpaired) electrons. The van der Waals surface area contributed by atoms with Gasteiger partial charge in [0.15, 0.2) is 5.65 Å². The topological polar surface area (TPSA) is 89.6 Å². The lowest BCUT2D eigenvalue weighted by molar-refractivity contribution is 0.381. The van der Waals surface area contributed by atoms with Gasteiger partial charge in [0, 0.05) is 35.9 Å². The van der Waals surface area contributed by atoms with E-state index < -0.39 is 0 Å². The van der Waals surface area contributed by atoms with E-state index in [4.69, 9.17) is 16.1 Å². The average molecular weight is 353 g/mol. The van der Waals surface area contributed by atoms with Crippen LogP contribution in [0.2, 0.25) is 5.02 Å². The minimum absolute atomic E-state index is 0.547. The first-order chi connectivity index (χ1) is 12.3. The van der Waals surface area contributed by atoms with Crippen molar-refractivity contribution in [3.63, 3.8) is 0 Å². The van der Waals surface area contributed by atoms with Crippen molar-refractivity contribution in [2.75, 3.05) is 11.9 Å². The summed E-state index contributed by atoms with van der Waals surface area (Å²) < 4.78 is 5.28. The van der Waals surface area contributed by atoms with Gasteiger partial charge in [0.1, 0.15) is 11.3 Å². The first kappa shape index (κ1) is 15.5. The summed E-state index contributed by atoms with van der Waals surface area (Å²) in [5.41, 5.74) is 2.23. The van der Waals surface area contributed by atoms with Crippen LogP contribution in [0.5, 0.6) is 0 Å². The molecular weight excluding hydrogens is 340 g/mol. The zero-order chi connectivity index (χ0) is 17.1. The van der Waals surface area contributed by atoms with E-state index in [1.165, 1.54) is 0 Å². The van der Waals surface area contributed by atoms with Gasteiger partial charge in [-0.1, -0.05) is 16.8 Å². The minimum Gasteiger partial charge on any atom is -0.369 e. The Bertz CT molecular complexity index is 1000. The van der Waals surface area contributed by atoms with E-state index in [0.29, 0.717) is 35.4 Å². The summed E-state index contributed by atoms with van der Waals surface area (Å²) in [5, 5.41) is 7.88. The number of nitrogens with one attached hydrogen (secondary N) is 1. The van der Waals surface area contributed by atoms with Crippen LogP contribution in [0, 0.1) is 0 Å². The van der Waals surface area contributed by atoms with Gasteiger partial charge in [-0.05, 0) is 36.4 Å². The van der Waals surface area contributed by atoms with Gasteiger partial charge in [-0.15, -0.1) is 0 Å². The highest BCUT2D eigenvalue weighted by molar-refractivity contribution is 6.30. The molecule has 0 bridgehead atoms. The molecule has 4 aromatic rings. The van der Waals surface area contributed by atoms with Gasteiger partial charge in [-0.2, -0.15) is 4.98 Å². The van der Waals surface area contributed by atoms with Crippen LogP contribution in [-0.2, 0) is 6.42 Å². The maximum Gasteiger partial charge on any atom is 0.228 e. The molecule has 0 spiro atoms. The highest BCUT2D eigenvalue weighted by Crippen LogP contribution is 2.18. The SMILES string of the molecule is Clc1ccc(-c2noc(CCNc3ccc4nccnc4n3)n2)cc1. The number of benzene rings is 1. The molecule has 0 aliphatic carbocycles. The van der Waals surface area contributed by atoms with Crippen molar-refractivity contribution < 1.29 is 4.52 Å². The summed E-state index contributed by atoms with van der Waals surface area (Å²) in [5.74, 6) is 1.83. The summed E-state index contributed by atoms with van der Waals surface area (Å²) in [7, 11) is 0. The molecule has 1 N–H and O–H groups in total. The molecule has 8 heteroatoms. The Balaban J connectivity index is 1.39. The number of rotatable bonds is 5. The molecule has 0 saturated heterocycles. The number of aromatic nitrogens is 5. The van der Waals surface area contributed by atoms with Gasteiger partial charge in [0.2, 0.25) is 11.7 Å². The van der Waals surface area contributed by atoms with E-state index in [2.05, 4.69) is 30.4 Å². The normalized spacial score (nSPS) is 10.9. The second kappa shape index (κ2) is 6.82. The van der Waals surface area contributed by atoms with Gasteiger partial charge >= 0.3 is 0 Å². The van der Waals surface area contributed by atoms with E-state index in [0.717, 1.165) is 16.9 Å². The second-order valence-electron chi connectivity index (χ2n) is 5.29. The van der Waals surface area contributed by atoms with Crippen molar-refractivity contribution in [1.29, 1.82) is 0 Å². The van der Waals surface area contributed by atoms with E-state index in [-0.39, 0.29) is 0 Å². The second-order valence-corrected chi connectivity index (χ2v) is 5.73. The van der Waals surface area contributed by atoms with Gasteiger partial charge in [-0.25, -0.2) is 9.97 Å². The van der Waals surface area contributed by atoms with Crippen LogP contribution in [0.1, 0.15) is 5.89 Å². The predicted octanol–water partition coefficient (Wildman–Crippen LogP) is 3.38. The largest absolute Gasteiger partial charge is 0.369 e. The number of nitrogens with zero attached hydrogens (tertiary/aromatic N) is 5. The quantitative estimate of drug-likeness (QED) is 0.588. The summed E-state index contributed by atoms with van der Waals surface area (Å²) in [4.78, 5) is 17.2. The Morgan fingerprint density at radius 3 is 2.68 bits per heavy atom. The lowest BCUT2D eigenvalue weighted by Crippen LogP contribution is -2.06. The van der Waals surface area contributed by atoms with Crippen LogP contribution in [-0.4, -0.2) is 31.6 Å². The standard InChI is InChI=1S/C17H13ClN6O/c18-12-3-1-11(2-4-12)16-23-15(25-24-16)7-8-20-14-6-5-13-17(22-14)21-10-9-19-13/h1-6,9-10H,7-8H2,(H,20,21,22). The van der Waals surface area contributed by atoms with Crippen molar-refractivity contribution in [3.05, 3.63) is 59.7 Å². The van der Waals surface area contributed by atoms with Crippen molar-refractivity contribution >= 4 is 28.6 Å². The molecule has 7 nitrogen and oxygen atoms in total. The van der Waals surface area contributed by atoms with Gasteiger partial charge in [0.05, 0.1) is 0 Å². The molecule has 25 heavy (non-hydrogen) atoms. The lowest BCUT2D eigenvalue weighted by atomic mass is 10.2.